The monoisotopic (exact) mass is 326 g/mol. The molecule has 0 aliphatic carbocycles. The van der Waals surface area contributed by atoms with Gasteiger partial charge in [0.15, 0.2) is 0 Å². The van der Waals surface area contributed by atoms with Crippen molar-refractivity contribution in [2.75, 3.05) is 33.0 Å². The molecular formula is C15H34O7. The highest BCUT2D eigenvalue weighted by Gasteiger charge is 1.89. The molecule has 0 radical (unpaired) electrons. The van der Waals surface area contributed by atoms with Crippen LogP contribution >= 0.6 is 0 Å². The summed E-state index contributed by atoms with van der Waals surface area (Å²) in [6.45, 7) is 10.6. The molecule has 7 heteroatoms. The summed E-state index contributed by atoms with van der Waals surface area (Å²) in [5, 5.41) is 22.7. The van der Waals surface area contributed by atoms with Gasteiger partial charge in [0.2, 0.25) is 0 Å². The quantitative estimate of drug-likeness (QED) is 0.483. The van der Waals surface area contributed by atoms with E-state index in [1.165, 1.54) is 13.3 Å². The van der Waals surface area contributed by atoms with Crippen molar-refractivity contribution >= 4 is 11.9 Å². The summed E-state index contributed by atoms with van der Waals surface area (Å²) in [5.74, 6) is -1.01. The lowest BCUT2D eigenvalue weighted by Gasteiger charge is -1.98. The third kappa shape index (κ3) is 97.7. The maximum atomic E-state index is 10.2. The number of carboxylic acid groups (broad SMARTS) is 1. The van der Waals surface area contributed by atoms with Crippen LogP contribution in [0.25, 0.3) is 0 Å². The van der Waals surface area contributed by atoms with Gasteiger partial charge in [-0.05, 0) is 20.3 Å². The molecular weight excluding hydrogens is 292 g/mol. The Hall–Kier alpha value is -1.18. The Bertz CT molecular complexity index is 200. The van der Waals surface area contributed by atoms with Crippen LogP contribution in [0.1, 0.15) is 53.9 Å². The van der Waals surface area contributed by atoms with Gasteiger partial charge in [-0.25, -0.2) is 0 Å². The number of carbonyl (C=O) groups excluding carboxylic acids is 1. The fraction of sp³-hybridized carbons (Fsp3) is 0.867. The van der Waals surface area contributed by atoms with E-state index < -0.39 is 5.97 Å². The molecule has 0 saturated heterocycles. The predicted molar refractivity (Wildman–Crippen MR) is 85.8 cm³/mol. The summed E-state index contributed by atoms with van der Waals surface area (Å²) >= 11 is 0. The normalized spacial score (nSPS) is 8.14. The minimum absolute atomic E-state index is 0.125. The topological polar surface area (TPSA) is 113 Å². The molecule has 0 aliphatic rings. The minimum atomic E-state index is -0.833. The number of hydrogen-bond acceptors (Lipinski definition) is 6. The zero-order valence-corrected chi connectivity index (χ0v) is 14.6. The third-order valence-corrected chi connectivity index (χ3v) is 1.56. The second-order valence-corrected chi connectivity index (χ2v) is 3.79. The molecule has 0 fully saturated rings. The molecule has 7 nitrogen and oxygen atoms in total. The van der Waals surface area contributed by atoms with E-state index in [-0.39, 0.29) is 19.2 Å². The van der Waals surface area contributed by atoms with E-state index in [1.54, 1.807) is 0 Å². The van der Waals surface area contributed by atoms with Crippen molar-refractivity contribution in [1.82, 2.24) is 0 Å². The van der Waals surface area contributed by atoms with Crippen LogP contribution in [-0.2, 0) is 19.1 Å². The van der Waals surface area contributed by atoms with Crippen molar-refractivity contribution in [1.29, 1.82) is 0 Å². The third-order valence-electron chi connectivity index (χ3n) is 1.56. The molecule has 0 rings (SSSR count). The Morgan fingerprint density at radius 2 is 1.32 bits per heavy atom. The zero-order valence-electron chi connectivity index (χ0n) is 14.6. The fourth-order valence-electron chi connectivity index (χ4n) is 0.772. The lowest BCUT2D eigenvalue weighted by Crippen LogP contribution is -1.99. The number of esters is 1. The van der Waals surface area contributed by atoms with Crippen LogP contribution in [0.5, 0.6) is 0 Å². The number of aliphatic carboxylic acids is 1. The van der Waals surface area contributed by atoms with Crippen molar-refractivity contribution in [2.45, 2.75) is 53.9 Å². The van der Waals surface area contributed by atoms with Crippen molar-refractivity contribution < 1.29 is 34.4 Å². The van der Waals surface area contributed by atoms with E-state index in [4.69, 9.17) is 29.6 Å². The van der Waals surface area contributed by atoms with Crippen LogP contribution in [0, 0.1) is 0 Å². The largest absolute Gasteiger partial charge is 0.481 e. The van der Waals surface area contributed by atoms with Gasteiger partial charge in [-0.2, -0.15) is 0 Å². The van der Waals surface area contributed by atoms with Crippen molar-refractivity contribution in [3.8, 4) is 0 Å². The van der Waals surface area contributed by atoms with Gasteiger partial charge in [0.1, 0.15) is 0 Å². The summed E-state index contributed by atoms with van der Waals surface area (Å²) in [7, 11) is 0. The Morgan fingerprint density at radius 3 is 1.50 bits per heavy atom. The van der Waals surface area contributed by atoms with Gasteiger partial charge in [0, 0.05) is 27.1 Å². The van der Waals surface area contributed by atoms with Gasteiger partial charge in [-0.3, -0.25) is 9.59 Å². The van der Waals surface area contributed by atoms with Crippen molar-refractivity contribution in [2.24, 2.45) is 0 Å². The number of aliphatic hydroxyl groups is 2. The van der Waals surface area contributed by atoms with E-state index in [0.717, 1.165) is 33.0 Å². The number of carbonyl (C=O) groups is 2. The molecule has 0 atom stereocenters. The molecule has 0 aromatic heterocycles. The average Bonchev–Trinajstić information content (AvgIpc) is 2.45. The number of rotatable bonds is 7. The molecule has 0 saturated carbocycles. The maximum absolute atomic E-state index is 10.2. The van der Waals surface area contributed by atoms with Gasteiger partial charge in [-0.1, -0.05) is 19.8 Å². The molecule has 0 spiro atoms. The predicted octanol–water partition coefficient (Wildman–Crippen LogP) is 1.84. The second kappa shape index (κ2) is 32.0. The Balaban J connectivity index is -0.000000107. The highest BCUT2D eigenvalue weighted by Crippen LogP contribution is 1.93. The average molecular weight is 326 g/mol. The highest BCUT2D eigenvalue weighted by atomic mass is 16.5. The molecule has 0 aromatic rings. The maximum Gasteiger partial charge on any atom is 0.302 e. The molecule has 0 aromatic carbocycles. The van der Waals surface area contributed by atoms with Crippen LogP contribution in [0.15, 0.2) is 0 Å². The zero-order chi connectivity index (χ0) is 18.2. The van der Waals surface area contributed by atoms with Gasteiger partial charge in [-0.15, -0.1) is 0 Å². The standard InChI is InChI=1S/C7H14O2.C4H10O.C2H4O2.C2H6O2/c1-3-4-5-6-9-7(2)8;1-3-5-4-2;1-2(3)4;3-1-2-4/h3-6H2,1-2H3;3-4H2,1-2H3;1H3,(H,3,4);3-4H,1-2H2. The van der Waals surface area contributed by atoms with Crippen LogP contribution in [0.2, 0.25) is 0 Å². The van der Waals surface area contributed by atoms with Crippen LogP contribution < -0.4 is 0 Å². The fourth-order valence-corrected chi connectivity index (χ4v) is 0.772. The first-order chi connectivity index (χ1) is 10.3. The van der Waals surface area contributed by atoms with E-state index >= 15 is 0 Å². The number of ether oxygens (including phenoxy) is 2. The molecule has 22 heavy (non-hydrogen) atoms. The first-order valence-electron chi connectivity index (χ1n) is 7.46. The van der Waals surface area contributed by atoms with Crippen LogP contribution in [-0.4, -0.2) is 60.3 Å². The van der Waals surface area contributed by atoms with Gasteiger partial charge >= 0.3 is 5.97 Å². The summed E-state index contributed by atoms with van der Waals surface area (Å²) in [4.78, 5) is 19.2. The molecule has 0 aliphatic heterocycles. The van der Waals surface area contributed by atoms with E-state index in [9.17, 15) is 4.79 Å². The molecule has 0 heterocycles. The molecule has 136 valence electrons. The van der Waals surface area contributed by atoms with Gasteiger partial charge in [0.25, 0.3) is 5.97 Å². The molecule has 3 N–H and O–H groups in total. The number of unbranched alkanes of at least 4 members (excludes halogenated alkanes) is 2. The molecule has 0 bridgehead atoms. The lowest BCUT2D eigenvalue weighted by molar-refractivity contribution is -0.141. The minimum Gasteiger partial charge on any atom is -0.481 e. The highest BCUT2D eigenvalue weighted by molar-refractivity contribution is 5.65. The van der Waals surface area contributed by atoms with Crippen LogP contribution in [0.4, 0.5) is 0 Å². The van der Waals surface area contributed by atoms with Crippen molar-refractivity contribution in [3.63, 3.8) is 0 Å². The SMILES string of the molecule is CC(=O)O.CCCCCOC(C)=O.CCOCC.OCCO. The number of hydrogen-bond donors (Lipinski definition) is 3. The summed E-state index contributed by atoms with van der Waals surface area (Å²) in [5.41, 5.74) is 0. The first kappa shape index (κ1) is 28.9. The van der Waals surface area contributed by atoms with Gasteiger partial charge in [0.05, 0.1) is 19.8 Å². The summed E-state index contributed by atoms with van der Waals surface area (Å²) in [6.07, 6.45) is 3.31. The van der Waals surface area contributed by atoms with E-state index in [0.29, 0.717) is 6.61 Å². The Labute approximate surface area is 134 Å². The summed E-state index contributed by atoms with van der Waals surface area (Å²) < 4.78 is 9.54. The lowest BCUT2D eigenvalue weighted by atomic mass is 10.3. The number of carboxylic acids is 1. The summed E-state index contributed by atoms with van der Waals surface area (Å²) in [6, 6.07) is 0. The van der Waals surface area contributed by atoms with E-state index in [2.05, 4.69) is 6.92 Å². The van der Waals surface area contributed by atoms with Gasteiger partial charge < -0.3 is 24.8 Å². The van der Waals surface area contributed by atoms with Crippen LogP contribution in [0.3, 0.4) is 0 Å². The Morgan fingerprint density at radius 1 is 0.909 bits per heavy atom. The van der Waals surface area contributed by atoms with E-state index in [1.807, 2.05) is 13.8 Å². The molecule has 0 amide bonds. The molecule has 0 unspecified atom stereocenters. The Kier molecular flexibility index (Phi) is 42.0. The number of aliphatic hydroxyl groups excluding tert-OH is 2. The van der Waals surface area contributed by atoms with Crippen molar-refractivity contribution in [3.05, 3.63) is 0 Å². The second-order valence-electron chi connectivity index (χ2n) is 3.79. The first-order valence-corrected chi connectivity index (χ1v) is 7.46. The smallest absolute Gasteiger partial charge is 0.302 e.